The molecule has 4 fully saturated rings. The Morgan fingerprint density at radius 3 is 2.87 bits per heavy atom. The molecule has 2 saturated carbocycles. The van der Waals surface area contributed by atoms with Gasteiger partial charge >= 0.3 is 0 Å². The van der Waals surface area contributed by atoms with Crippen LogP contribution in [0, 0.1) is 23.7 Å². The maximum atomic E-state index is 13.2. The van der Waals surface area contributed by atoms with Crippen molar-refractivity contribution in [3.8, 4) is 0 Å². The fourth-order valence-corrected chi connectivity index (χ4v) is 6.24. The van der Waals surface area contributed by atoms with Crippen LogP contribution in [0.15, 0.2) is 18.2 Å². The zero-order valence-electron chi connectivity index (χ0n) is 12.6. The van der Waals surface area contributed by atoms with Crippen LogP contribution in [0.25, 0.3) is 0 Å². The lowest BCUT2D eigenvalue weighted by Crippen LogP contribution is -2.51. The fraction of sp³-hybridized carbons (Fsp3) is 0.588. The number of carbonyl (C=O) groups is 1. The first-order valence-electron chi connectivity index (χ1n) is 8.14. The van der Waals surface area contributed by atoms with E-state index in [0.29, 0.717) is 22.2 Å². The van der Waals surface area contributed by atoms with Crippen molar-refractivity contribution in [3.05, 3.63) is 28.2 Å². The molecule has 2 aliphatic heterocycles. The molecule has 2 aliphatic carbocycles. The Bertz CT molecular complexity index is 726. The largest absolute Gasteiger partial charge is 0.390 e. The number of carbonyl (C=O) groups excluding carboxylic acids is 1. The highest BCUT2D eigenvalue weighted by atomic mass is 35.5. The molecule has 7 unspecified atom stereocenters. The zero-order chi connectivity index (χ0) is 16.1. The Hall–Kier alpha value is -0.810. The number of hydrogen-bond acceptors (Lipinski definition) is 3. The molecule has 0 radical (unpaired) electrons. The van der Waals surface area contributed by atoms with Crippen molar-refractivity contribution in [1.82, 2.24) is 0 Å². The summed E-state index contributed by atoms with van der Waals surface area (Å²) in [5.41, 5.74) is -0.0207. The smallest absolute Gasteiger partial charge is 0.233 e. The van der Waals surface area contributed by atoms with Crippen LogP contribution >= 0.6 is 23.2 Å². The van der Waals surface area contributed by atoms with E-state index in [2.05, 4.69) is 0 Å². The molecule has 4 nitrogen and oxygen atoms in total. The number of amides is 1. The van der Waals surface area contributed by atoms with Crippen LogP contribution in [0.2, 0.25) is 10.0 Å². The van der Waals surface area contributed by atoms with Gasteiger partial charge in [-0.3, -0.25) is 9.69 Å². The molecule has 1 aromatic rings. The quantitative estimate of drug-likeness (QED) is 0.888. The van der Waals surface area contributed by atoms with Gasteiger partial charge in [0.25, 0.3) is 0 Å². The van der Waals surface area contributed by atoms with Gasteiger partial charge in [-0.05, 0) is 42.9 Å². The highest BCUT2D eigenvalue weighted by Gasteiger charge is 2.78. The molecule has 2 saturated heterocycles. The van der Waals surface area contributed by atoms with Gasteiger partial charge in [-0.1, -0.05) is 30.1 Å². The first-order valence-corrected chi connectivity index (χ1v) is 8.90. The third-order valence-corrected chi connectivity index (χ3v) is 6.99. The van der Waals surface area contributed by atoms with Crippen molar-refractivity contribution in [2.24, 2.45) is 23.7 Å². The maximum Gasteiger partial charge on any atom is 0.233 e. The monoisotopic (exact) mass is 353 g/mol. The Morgan fingerprint density at radius 2 is 2.17 bits per heavy atom. The minimum Gasteiger partial charge on any atom is -0.390 e. The summed E-state index contributed by atoms with van der Waals surface area (Å²) in [5.74, 6) is 0.336. The lowest BCUT2D eigenvalue weighted by atomic mass is 9.76. The molecule has 2 heterocycles. The first kappa shape index (κ1) is 14.5. The molecular weight excluding hydrogens is 337 g/mol. The van der Waals surface area contributed by atoms with E-state index in [9.17, 15) is 9.90 Å². The number of aliphatic hydroxyl groups is 1. The molecule has 0 aromatic heterocycles. The molecule has 4 aliphatic rings. The third-order valence-electron chi connectivity index (χ3n) is 6.45. The number of fused-ring (bicyclic) bond motifs is 2. The zero-order valence-corrected chi connectivity index (χ0v) is 14.1. The summed E-state index contributed by atoms with van der Waals surface area (Å²) in [7, 11) is 0. The second-order valence-electron chi connectivity index (χ2n) is 7.16. The standard InChI is InChI=1S/C17H17Cl2NO3/c1-2-17-13-9-6-8(14(21)15(9)23-17)12(13)16(22)20(17)11-4-3-7(18)5-10(11)19/h3-5,8-9,12-15,21H,2,6H2,1H3. The highest BCUT2D eigenvalue weighted by molar-refractivity contribution is 6.37. The number of rotatable bonds is 2. The van der Waals surface area contributed by atoms with Crippen molar-refractivity contribution in [3.63, 3.8) is 0 Å². The lowest BCUT2D eigenvalue weighted by molar-refractivity contribution is -0.133. The molecule has 1 amide bonds. The van der Waals surface area contributed by atoms with E-state index in [4.69, 9.17) is 27.9 Å². The number of benzene rings is 1. The summed E-state index contributed by atoms with van der Waals surface area (Å²) in [6, 6.07) is 5.19. The molecule has 5 rings (SSSR count). The average molecular weight is 354 g/mol. The van der Waals surface area contributed by atoms with Crippen LogP contribution in [0.3, 0.4) is 0 Å². The lowest BCUT2D eigenvalue weighted by Gasteiger charge is -2.38. The number of hydrogen-bond donors (Lipinski definition) is 1. The van der Waals surface area contributed by atoms with E-state index < -0.39 is 11.8 Å². The van der Waals surface area contributed by atoms with E-state index in [-0.39, 0.29) is 35.7 Å². The van der Waals surface area contributed by atoms with Gasteiger partial charge in [-0.15, -0.1) is 0 Å². The average Bonchev–Trinajstić information content (AvgIpc) is 3.17. The molecule has 6 heteroatoms. The first-order chi connectivity index (χ1) is 11.0. The van der Waals surface area contributed by atoms with Crippen molar-refractivity contribution in [2.75, 3.05) is 4.90 Å². The van der Waals surface area contributed by atoms with Gasteiger partial charge in [0.2, 0.25) is 5.91 Å². The van der Waals surface area contributed by atoms with Gasteiger partial charge in [0.05, 0.1) is 28.8 Å². The number of aliphatic hydroxyl groups excluding tert-OH is 1. The van der Waals surface area contributed by atoms with Crippen LogP contribution in [-0.2, 0) is 9.53 Å². The summed E-state index contributed by atoms with van der Waals surface area (Å²) < 4.78 is 6.37. The summed E-state index contributed by atoms with van der Waals surface area (Å²) >= 11 is 12.4. The fourth-order valence-electron chi connectivity index (χ4n) is 5.75. The van der Waals surface area contributed by atoms with Gasteiger partial charge in [0.15, 0.2) is 5.72 Å². The third kappa shape index (κ3) is 1.50. The van der Waals surface area contributed by atoms with Gasteiger partial charge in [-0.2, -0.15) is 0 Å². The van der Waals surface area contributed by atoms with Gasteiger partial charge in [0.1, 0.15) is 0 Å². The van der Waals surface area contributed by atoms with Crippen molar-refractivity contribution < 1.29 is 14.6 Å². The molecular formula is C17H17Cl2NO3. The Morgan fingerprint density at radius 1 is 1.39 bits per heavy atom. The summed E-state index contributed by atoms with van der Waals surface area (Å²) in [6.07, 6.45) is 0.923. The molecule has 122 valence electrons. The predicted molar refractivity (Wildman–Crippen MR) is 86.4 cm³/mol. The van der Waals surface area contributed by atoms with Crippen LogP contribution < -0.4 is 4.90 Å². The SMILES string of the molecule is CCC12OC3C(O)C4CC3C1C4C(=O)N2c1ccc(Cl)cc1Cl. The van der Waals surface area contributed by atoms with Crippen molar-refractivity contribution in [2.45, 2.75) is 37.7 Å². The highest BCUT2D eigenvalue weighted by Crippen LogP contribution is 2.69. The van der Waals surface area contributed by atoms with Gasteiger partial charge in [0, 0.05) is 10.9 Å². The van der Waals surface area contributed by atoms with Crippen LogP contribution in [-0.4, -0.2) is 28.9 Å². The van der Waals surface area contributed by atoms with Crippen molar-refractivity contribution in [1.29, 1.82) is 0 Å². The Labute approximate surface area is 144 Å². The summed E-state index contributed by atoms with van der Waals surface area (Å²) in [6.45, 7) is 2.04. The molecule has 0 spiro atoms. The number of halogens is 2. The Balaban J connectivity index is 1.69. The second kappa shape index (κ2) is 4.42. The van der Waals surface area contributed by atoms with Crippen LogP contribution in [0.5, 0.6) is 0 Å². The maximum absolute atomic E-state index is 13.2. The van der Waals surface area contributed by atoms with Gasteiger partial charge < -0.3 is 9.84 Å². The minimum absolute atomic E-state index is 0.0204. The number of anilines is 1. The predicted octanol–water partition coefficient (Wildman–Crippen LogP) is 3.09. The van der Waals surface area contributed by atoms with E-state index in [1.54, 1.807) is 23.1 Å². The van der Waals surface area contributed by atoms with E-state index in [1.807, 2.05) is 6.92 Å². The van der Waals surface area contributed by atoms with E-state index in [0.717, 1.165) is 6.42 Å². The molecule has 7 atom stereocenters. The van der Waals surface area contributed by atoms with E-state index in [1.165, 1.54) is 0 Å². The van der Waals surface area contributed by atoms with Crippen LogP contribution in [0.1, 0.15) is 19.8 Å². The normalized spacial score (nSPS) is 46.3. The van der Waals surface area contributed by atoms with Gasteiger partial charge in [-0.25, -0.2) is 0 Å². The summed E-state index contributed by atoms with van der Waals surface area (Å²) in [5, 5.41) is 11.5. The van der Waals surface area contributed by atoms with Crippen molar-refractivity contribution >= 4 is 34.8 Å². The Kier molecular flexibility index (Phi) is 2.79. The molecule has 1 N–H and O–H groups in total. The second-order valence-corrected chi connectivity index (χ2v) is 8.00. The molecule has 1 aromatic carbocycles. The number of nitrogens with zero attached hydrogens (tertiary/aromatic N) is 1. The topological polar surface area (TPSA) is 49.8 Å². The van der Waals surface area contributed by atoms with Crippen LogP contribution in [0.4, 0.5) is 5.69 Å². The number of ether oxygens (including phenoxy) is 1. The molecule has 2 bridgehead atoms. The van der Waals surface area contributed by atoms with E-state index >= 15 is 0 Å². The summed E-state index contributed by atoms with van der Waals surface area (Å²) in [4.78, 5) is 15.0. The molecule has 23 heavy (non-hydrogen) atoms. The minimum atomic E-state index is -0.680.